The Morgan fingerprint density at radius 1 is 1.32 bits per heavy atom. The molecule has 0 aliphatic rings. The highest BCUT2D eigenvalue weighted by Gasteiger charge is 2.16. The van der Waals surface area contributed by atoms with Crippen LogP contribution in [0, 0.1) is 5.82 Å². The van der Waals surface area contributed by atoms with Gasteiger partial charge in [0.15, 0.2) is 0 Å². The van der Waals surface area contributed by atoms with Crippen molar-refractivity contribution < 1.29 is 18.7 Å². The summed E-state index contributed by atoms with van der Waals surface area (Å²) >= 11 is 0. The van der Waals surface area contributed by atoms with Gasteiger partial charge in [-0.2, -0.15) is 0 Å². The van der Waals surface area contributed by atoms with E-state index in [1.807, 2.05) is 6.92 Å². The molecule has 0 aromatic heterocycles. The highest BCUT2D eigenvalue weighted by atomic mass is 19.1. The first-order valence-electron chi connectivity index (χ1n) is 6.29. The molecule has 1 rings (SSSR count). The molecule has 19 heavy (non-hydrogen) atoms. The number of amides is 1. The molecule has 4 nitrogen and oxygen atoms in total. The third-order valence-corrected chi connectivity index (χ3v) is 2.63. The number of nitrogens with zero attached hydrogens (tertiary/aromatic N) is 1. The highest BCUT2D eigenvalue weighted by molar-refractivity contribution is 5.94. The Labute approximate surface area is 112 Å². The zero-order valence-corrected chi connectivity index (χ0v) is 11.2. The summed E-state index contributed by atoms with van der Waals surface area (Å²) < 4.78 is 17.9. The Morgan fingerprint density at radius 2 is 2.05 bits per heavy atom. The number of carbonyl (C=O) groups excluding carboxylic acids is 2. The summed E-state index contributed by atoms with van der Waals surface area (Å²) in [6.07, 6.45) is 0.142. The maximum Gasteiger partial charge on any atom is 0.307 e. The van der Waals surface area contributed by atoms with Crippen LogP contribution in [0.2, 0.25) is 0 Å². The van der Waals surface area contributed by atoms with E-state index in [0.29, 0.717) is 13.2 Å². The van der Waals surface area contributed by atoms with Crippen molar-refractivity contribution in [1.82, 2.24) is 4.90 Å². The minimum atomic E-state index is -0.452. The van der Waals surface area contributed by atoms with Gasteiger partial charge in [-0.05, 0) is 32.0 Å². The van der Waals surface area contributed by atoms with Gasteiger partial charge in [-0.25, -0.2) is 4.39 Å². The summed E-state index contributed by atoms with van der Waals surface area (Å²) in [4.78, 5) is 24.9. The van der Waals surface area contributed by atoms with Gasteiger partial charge < -0.3 is 9.64 Å². The van der Waals surface area contributed by atoms with Crippen LogP contribution in [0.4, 0.5) is 4.39 Å². The van der Waals surface area contributed by atoms with Gasteiger partial charge in [0, 0.05) is 18.7 Å². The Morgan fingerprint density at radius 3 is 2.63 bits per heavy atom. The number of rotatable bonds is 6. The lowest BCUT2D eigenvalue weighted by molar-refractivity contribution is -0.143. The van der Waals surface area contributed by atoms with E-state index >= 15 is 0 Å². The number of halogens is 1. The van der Waals surface area contributed by atoms with Crippen LogP contribution >= 0.6 is 0 Å². The molecular formula is C14H18FNO3. The van der Waals surface area contributed by atoms with E-state index in [9.17, 15) is 14.0 Å². The highest BCUT2D eigenvalue weighted by Crippen LogP contribution is 2.08. The average Bonchev–Trinajstić information content (AvgIpc) is 2.39. The molecule has 5 heteroatoms. The fourth-order valence-corrected chi connectivity index (χ4v) is 1.67. The molecule has 0 aliphatic carbocycles. The third-order valence-electron chi connectivity index (χ3n) is 2.63. The van der Waals surface area contributed by atoms with Crippen LogP contribution < -0.4 is 0 Å². The van der Waals surface area contributed by atoms with Gasteiger partial charge in [-0.15, -0.1) is 0 Å². The molecule has 1 aromatic carbocycles. The first kappa shape index (κ1) is 15.1. The zero-order chi connectivity index (χ0) is 14.3. The van der Waals surface area contributed by atoms with Crippen molar-refractivity contribution in [3.05, 3.63) is 35.6 Å². The number of hydrogen-bond donors (Lipinski definition) is 0. The molecule has 0 radical (unpaired) electrons. The van der Waals surface area contributed by atoms with Crippen LogP contribution in [0.25, 0.3) is 0 Å². The minimum Gasteiger partial charge on any atom is -0.466 e. The molecule has 1 amide bonds. The first-order valence-corrected chi connectivity index (χ1v) is 6.29. The Kier molecular flexibility index (Phi) is 5.99. The van der Waals surface area contributed by atoms with E-state index in [1.54, 1.807) is 13.0 Å². The van der Waals surface area contributed by atoms with Crippen LogP contribution in [0.15, 0.2) is 24.3 Å². The molecule has 0 heterocycles. The van der Waals surface area contributed by atoms with Gasteiger partial charge in [-0.1, -0.05) is 6.07 Å². The summed E-state index contributed by atoms with van der Waals surface area (Å²) in [5.41, 5.74) is 0.283. The maximum atomic E-state index is 13.1. The van der Waals surface area contributed by atoms with Crippen LogP contribution in [-0.4, -0.2) is 36.5 Å². The molecule has 1 aromatic rings. The van der Waals surface area contributed by atoms with Crippen molar-refractivity contribution in [1.29, 1.82) is 0 Å². The zero-order valence-electron chi connectivity index (χ0n) is 11.2. The third kappa shape index (κ3) is 4.69. The summed E-state index contributed by atoms with van der Waals surface area (Å²) in [6.45, 7) is 4.58. The lowest BCUT2D eigenvalue weighted by Crippen LogP contribution is -2.33. The van der Waals surface area contributed by atoms with E-state index < -0.39 is 5.82 Å². The fraction of sp³-hybridized carbons (Fsp3) is 0.429. The van der Waals surface area contributed by atoms with E-state index in [-0.39, 0.29) is 30.4 Å². The van der Waals surface area contributed by atoms with Gasteiger partial charge in [0.2, 0.25) is 0 Å². The van der Waals surface area contributed by atoms with E-state index in [2.05, 4.69) is 0 Å². The van der Waals surface area contributed by atoms with E-state index in [1.165, 1.54) is 23.1 Å². The second-order valence-electron chi connectivity index (χ2n) is 3.95. The maximum absolute atomic E-state index is 13.1. The smallest absolute Gasteiger partial charge is 0.307 e. The van der Waals surface area contributed by atoms with Gasteiger partial charge in [0.1, 0.15) is 5.82 Å². The first-order chi connectivity index (χ1) is 9.08. The number of ether oxygens (including phenoxy) is 1. The Balaban J connectivity index is 2.64. The normalized spacial score (nSPS) is 10.1. The molecule has 0 saturated carbocycles. The molecule has 0 bridgehead atoms. The predicted molar refractivity (Wildman–Crippen MR) is 69.2 cm³/mol. The molecule has 0 aliphatic heterocycles. The second-order valence-corrected chi connectivity index (χ2v) is 3.95. The molecule has 0 spiro atoms. The van der Waals surface area contributed by atoms with Crippen molar-refractivity contribution >= 4 is 11.9 Å². The van der Waals surface area contributed by atoms with Crippen molar-refractivity contribution in [3.8, 4) is 0 Å². The van der Waals surface area contributed by atoms with Crippen molar-refractivity contribution in [2.45, 2.75) is 20.3 Å². The van der Waals surface area contributed by atoms with Gasteiger partial charge in [0.05, 0.1) is 13.0 Å². The number of esters is 1. The molecule has 0 fully saturated rings. The largest absolute Gasteiger partial charge is 0.466 e. The van der Waals surface area contributed by atoms with Crippen LogP contribution in [0.5, 0.6) is 0 Å². The van der Waals surface area contributed by atoms with Crippen molar-refractivity contribution in [2.24, 2.45) is 0 Å². The average molecular weight is 267 g/mol. The topological polar surface area (TPSA) is 46.6 Å². The molecule has 0 N–H and O–H groups in total. The van der Waals surface area contributed by atoms with Crippen molar-refractivity contribution in [3.63, 3.8) is 0 Å². The molecule has 104 valence electrons. The Bertz CT molecular complexity index is 448. The summed E-state index contributed by atoms with van der Waals surface area (Å²) in [7, 11) is 0. The summed E-state index contributed by atoms with van der Waals surface area (Å²) in [5.74, 6) is -1.08. The standard InChI is InChI=1S/C14H18FNO3/c1-3-16(9-8-13(17)19-4-2)14(18)11-6-5-7-12(15)10-11/h5-7,10H,3-4,8-9H2,1-2H3. The van der Waals surface area contributed by atoms with Crippen molar-refractivity contribution in [2.75, 3.05) is 19.7 Å². The lowest BCUT2D eigenvalue weighted by atomic mass is 10.2. The second kappa shape index (κ2) is 7.51. The Hall–Kier alpha value is -1.91. The lowest BCUT2D eigenvalue weighted by Gasteiger charge is -2.20. The van der Waals surface area contributed by atoms with E-state index in [0.717, 1.165) is 0 Å². The summed E-state index contributed by atoms with van der Waals surface area (Å²) in [6, 6.07) is 5.52. The number of carbonyl (C=O) groups is 2. The molecule has 0 saturated heterocycles. The molecule has 0 unspecified atom stereocenters. The quantitative estimate of drug-likeness (QED) is 0.743. The molecule has 0 atom stereocenters. The van der Waals surface area contributed by atoms with Crippen LogP contribution in [0.3, 0.4) is 0 Å². The summed E-state index contributed by atoms with van der Waals surface area (Å²) in [5, 5.41) is 0. The monoisotopic (exact) mass is 267 g/mol. The number of hydrogen-bond acceptors (Lipinski definition) is 3. The van der Waals surface area contributed by atoms with E-state index in [4.69, 9.17) is 4.74 Å². The minimum absolute atomic E-state index is 0.142. The van der Waals surface area contributed by atoms with Gasteiger partial charge in [-0.3, -0.25) is 9.59 Å². The van der Waals surface area contributed by atoms with Crippen LogP contribution in [0.1, 0.15) is 30.6 Å². The fourth-order valence-electron chi connectivity index (χ4n) is 1.67. The van der Waals surface area contributed by atoms with Crippen LogP contribution in [-0.2, 0) is 9.53 Å². The SMILES string of the molecule is CCOC(=O)CCN(CC)C(=O)c1cccc(F)c1. The van der Waals surface area contributed by atoms with Gasteiger partial charge in [0.25, 0.3) is 5.91 Å². The van der Waals surface area contributed by atoms with Gasteiger partial charge >= 0.3 is 5.97 Å². The number of benzene rings is 1. The predicted octanol–water partition coefficient (Wildman–Crippen LogP) is 2.24. The molecular weight excluding hydrogens is 249 g/mol.